The Morgan fingerprint density at radius 3 is 2.71 bits per heavy atom. The standard InChI is InChI=1S/C17H15Cl2NO3S/c1-23-17(22)13-9-5-2-3-8-12(9)24-16(13)20-15(21)10-6-4-7-11(18)14(10)19/h4,6-7H,2-3,5,8H2,1H3,(H,20,21). The number of nitrogens with one attached hydrogen (secondary N) is 1. The molecule has 1 aromatic heterocycles. The molecule has 126 valence electrons. The molecule has 1 aromatic carbocycles. The van der Waals surface area contributed by atoms with Gasteiger partial charge in [0.2, 0.25) is 0 Å². The van der Waals surface area contributed by atoms with Crippen LogP contribution in [0.3, 0.4) is 0 Å². The van der Waals surface area contributed by atoms with Crippen molar-refractivity contribution < 1.29 is 14.3 Å². The molecule has 0 saturated carbocycles. The van der Waals surface area contributed by atoms with Gasteiger partial charge in [-0.1, -0.05) is 29.3 Å². The number of fused-ring (bicyclic) bond motifs is 1. The first-order chi connectivity index (χ1) is 11.5. The predicted octanol–water partition coefficient (Wildman–Crippen LogP) is 4.97. The molecular formula is C17H15Cl2NO3S. The van der Waals surface area contributed by atoms with Gasteiger partial charge in [0.1, 0.15) is 5.00 Å². The molecule has 0 spiro atoms. The van der Waals surface area contributed by atoms with Crippen molar-refractivity contribution in [2.45, 2.75) is 25.7 Å². The second kappa shape index (κ2) is 7.13. The van der Waals surface area contributed by atoms with Crippen LogP contribution in [-0.2, 0) is 17.6 Å². The summed E-state index contributed by atoms with van der Waals surface area (Å²) >= 11 is 13.5. The number of thiophene rings is 1. The van der Waals surface area contributed by atoms with Crippen LogP contribution in [0.1, 0.15) is 44.0 Å². The van der Waals surface area contributed by atoms with Crippen molar-refractivity contribution in [1.29, 1.82) is 0 Å². The monoisotopic (exact) mass is 383 g/mol. The lowest BCUT2D eigenvalue weighted by atomic mass is 9.95. The fourth-order valence-corrected chi connectivity index (χ4v) is 4.48. The fourth-order valence-electron chi connectivity index (χ4n) is 2.82. The first kappa shape index (κ1) is 17.3. The summed E-state index contributed by atoms with van der Waals surface area (Å²) in [7, 11) is 1.34. The van der Waals surface area contributed by atoms with E-state index < -0.39 is 11.9 Å². The number of esters is 1. The van der Waals surface area contributed by atoms with E-state index in [9.17, 15) is 9.59 Å². The third-order valence-electron chi connectivity index (χ3n) is 3.98. The zero-order valence-electron chi connectivity index (χ0n) is 12.9. The smallest absolute Gasteiger partial charge is 0.341 e. The highest BCUT2D eigenvalue weighted by Gasteiger charge is 2.27. The summed E-state index contributed by atoms with van der Waals surface area (Å²) in [6, 6.07) is 4.86. The van der Waals surface area contributed by atoms with Crippen LogP contribution in [0.4, 0.5) is 5.00 Å². The van der Waals surface area contributed by atoms with Crippen LogP contribution < -0.4 is 5.32 Å². The highest BCUT2D eigenvalue weighted by Crippen LogP contribution is 2.39. The molecule has 1 aliphatic carbocycles. The highest BCUT2D eigenvalue weighted by molar-refractivity contribution is 7.17. The molecule has 0 fully saturated rings. The summed E-state index contributed by atoms with van der Waals surface area (Å²) in [5.74, 6) is -0.826. The lowest BCUT2D eigenvalue weighted by Crippen LogP contribution is -2.15. The lowest BCUT2D eigenvalue weighted by molar-refractivity contribution is 0.0601. The van der Waals surface area contributed by atoms with Gasteiger partial charge < -0.3 is 10.1 Å². The van der Waals surface area contributed by atoms with Crippen molar-refractivity contribution in [3.63, 3.8) is 0 Å². The number of benzene rings is 1. The lowest BCUT2D eigenvalue weighted by Gasteiger charge is -2.12. The Morgan fingerprint density at radius 2 is 1.96 bits per heavy atom. The fraction of sp³-hybridized carbons (Fsp3) is 0.294. The normalized spacial score (nSPS) is 13.3. The molecule has 2 aromatic rings. The molecule has 1 N–H and O–H groups in total. The summed E-state index contributed by atoms with van der Waals surface area (Å²) in [5, 5.41) is 3.81. The number of amides is 1. The molecule has 1 heterocycles. The van der Waals surface area contributed by atoms with E-state index >= 15 is 0 Å². The van der Waals surface area contributed by atoms with Gasteiger partial charge in [-0.05, 0) is 43.4 Å². The van der Waals surface area contributed by atoms with Crippen LogP contribution >= 0.6 is 34.5 Å². The predicted molar refractivity (Wildman–Crippen MR) is 96.7 cm³/mol. The van der Waals surface area contributed by atoms with E-state index in [0.717, 1.165) is 36.1 Å². The minimum Gasteiger partial charge on any atom is -0.465 e. The zero-order valence-corrected chi connectivity index (χ0v) is 15.3. The molecule has 3 rings (SSSR count). The second-order valence-corrected chi connectivity index (χ2v) is 7.35. The molecule has 0 atom stereocenters. The number of anilines is 1. The number of hydrogen-bond acceptors (Lipinski definition) is 4. The molecule has 0 radical (unpaired) electrons. The number of methoxy groups -OCH3 is 1. The number of carbonyl (C=O) groups excluding carboxylic acids is 2. The average Bonchev–Trinajstić information content (AvgIpc) is 2.94. The Hall–Kier alpha value is -1.56. The maximum atomic E-state index is 12.6. The van der Waals surface area contributed by atoms with Crippen LogP contribution in [0.15, 0.2) is 18.2 Å². The largest absolute Gasteiger partial charge is 0.465 e. The second-order valence-electron chi connectivity index (χ2n) is 5.46. The Labute approximate surface area is 153 Å². The van der Waals surface area contributed by atoms with Gasteiger partial charge in [0.05, 0.1) is 28.3 Å². The zero-order chi connectivity index (χ0) is 17.3. The van der Waals surface area contributed by atoms with E-state index in [1.165, 1.54) is 18.4 Å². The van der Waals surface area contributed by atoms with Crippen molar-refractivity contribution in [1.82, 2.24) is 0 Å². The van der Waals surface area contributed by atoms with Gasteiger partial charge in [0, 0.05) is 4.88 Å². The van der Waals surface area contributed by atoms with Crippen molar-refractivity contribution >= 4 is 51.4 Å². The first-order valence-electron chi connectivity index (χ1n) is 7.51. The van der Waals surface area contributed by atoms with Crippen molar-refractivity contribution in [2.24, 2.45) is 0 Å². The highest BCUT2D eigenvalue weighted by atomic mass is 35.5. The van der Waals surface area contributed by atoms with Gasteiger partial charge in [0.25, 0.3) is 5.91 Å². The van der Waals surface area contributed by atoms with Crippen LogP contribution in [0.2, 0.25) is 10.0 Å². The van der Waals surface area contributed by atoms with E-state index in [0.29, 0.717) is 15.6 Å². The molecule has 1 amide bonds. The van der Waals surface area contributed by atoms with Crippen molar-refractivity contribution in [3.8, 4) is 0 Å². The molecule has 0 aliphatic heterocycles. The molecule has 4 nitrogen and oxygen atoms in total. The summed E-state index contributed by atoms with van der Waals surface area (Å²) in [6.07, 6.45) is 3.85. The molecule has 24 heavy (non-hydrogen) atoms. The van der Waals surface area contributed by atoms with Gasteiger partial charge >= 0.3 is 5.97 Å². The summed E-state index contributed by atoms with van der Waals surface area (Å²) in [6.45, 7) is 0. The number of aryl methyl sites for hydroxylation is 1. The molecule has 1 aliphatic rings. The SMILES string of the molecule is COC(=O)c1c(NC(=O)c2cccc(Cl)c2Cl)sc2c1CCCC2. The van der Waals surface area contributed by atoms with E-state index in [1.54, 1.807) is 18.2 Å². The van der Waals surface area contributed by atoms with Crippen LogP contribution in [-0.4, -0.2) is 19.0 Å². The molecule has 0 bridgehead atoms. The van der Waals surface area contributed by atoms with Crippen molar-refractivity contribution in [3.05, 3.63) is 49.8 Å². The number of carbonyl (C=O) groups is 2. The molecular weight excluding hydrogens is 369 g/mol. The minimum absolute atomic E-state index is 0.192. The number of ether oxygens (including phenoxy) is 1. The minimum atomic E-state index is -0.429. The van der Waals surface area contributed by atoms with Gasteiger partial charge in [0.15, 0.2) is 0 Å². The van der Waals surface area contributed by atoms with Gasteiger partial charge in [-0.15, -0.1) is 11.3 Å². The number of halogens is 2. The van der Waals surface area contributed by atoms with E-state index in [-0.39, 0.29) is 10.6 Å². The van der Waals surface area contributed by atoms with Gasteiger partial charge in [-0.25, -0.2) is 4.79 Å². The maximum absolute atomic E-state index is 12.6. The van der Waals surface area contributed by atoms with Crippen LogP contribution in [0.5, 0.6) is 0 Å². The van der Waals surface area contributed by atoms with E-state index in [4.69, 9.17) is 27.9 Å². The average molecular weight is 384 g/mol. The third kappa shape index (κ3) is 3.16. The maximum Gasteiger partial charge on any atom is 0.341 e. The summed E-state index contributed by atoms with van der Waals surface area (Å²) in [4.78, 5) is 25.9. The number of hydrogen-bond donors (Lipinski definition) is 1. The Balaban J connectivity index is 1.97. The quantitative estimate of drug-likeness (QED) is 0.760. The molecule has 7 heteroatoms. The Kier molecular flexibility index (Phi) is 5.13. The molecule has 0 unspecified atom stereocenters. The van der Waals surface area contributed by atoms with Crippen LogP contribution in [0, 0.1) is 0 Å². The van der Waals surface area contributed by atoms with Gasteiger partial charge in [-0.2, -0.15) is 0 Å². The third-order valence-corrected chi connectivity index (χ3v) is 6.01. The Bertz CT molecular complexity index is 816. The van der Waals surface area contributed by atoms with Crippen molar-refractivity contribution in [2.75, 3.05) is 12.4 Å². The molecule has 0 saturated heterocycles. The summed E-state index contributed by atoms with van der Waals surface area (Å²) < 4.78 is 4.90. The first-order valence-corrected chi connectivity index (χ1v) is 9.08. The number of rotatable bonds is 3. The van der Waals surface area contributed by atoms with Gasteiger partial charge in [-0.3, -0.25) is 4.79 Å². The Morgan fingerprint density at radius 1 is 1.21 bits per heavy atom. The summed E-state index contributed by atoms with van der Waals surface area (Å²) in [5.41, 5.74) is 1.72. The van der Waals surface area contributed by atoms with Crippen LogP contribution in [0.25, 0.3) is 0 Å². The van der Waals surface area contributed by atoms with E-state index in [1.807, 2.05) is 0 Å². The van der Waals surface area contributed by atoms with E-state index in [2.05, 4.69) is 5.32 Å². The topological polar surface area (TPSA) is 55.4 Å².